The van der Waals surface area contributed by atoms with Crippen molar-refractivity contribution >= 4 is 33.9 Å². The molecule has 0 saturated carbocycles. The number of anilines is 1. The number of piperidine rings is 1. The normalized spacial score (nSPS) is 20.2. The van der Waals surface area contributed by atoms with E-state index < -0.39 is 28.4 Å². The lowest BCUT2D eigenvalue weighted by atomic mass is 9.81. The second kappa shape index (κ2) is 8.81. The Kier molecular flexibility index (Phi) is 6.25. The minimum atomic E-state index is -1.09. The number of nitriles is 1. The first-order chi connectivity index (χ1) is 15.2. The van der Waals surface area contributed by atoms with Crippen LogP contribution >= 0.6 is 0 Å². The summed E-state index contributed by atoms with van der Waals surface area (Å²) in [6.45, 7) is 4.77. The van der Waals surface area contributed by atoms with Crippen molar-refractivity contribution < 1.29 is 18.1 Å². The van der Waals surface area contributed by atoms with Gasteiger partial charge in [0, 0.05) is 55.2 Å². The van der Waals surface area contributed by atoms with Crippen LogP contribution in [0.5, 0.6) is 0 Å². The van der Waals surface area contributed by atoms with Crippen molar-refractivity contribution in [2.24, 2.45) is 5.41 Å². The highest BCUT2D eigenvalue weighted by Crippen LogP contribution is 2.37. The van der Waals surface area contributed by atoms with E-state index in [2.05, 4.69) is 11.1 Å². The van der Waals surface area contributed by atoms with Gasteiger partial charge in [0.05, 0.1) is 41.3 Å². The second-order valence-electron chi connectivity index (χ2n) is 8.61. The van der Waals surface area contributed by atoms with Crippen LogP contribution in [0, 0.1) is 28.4 Å². The third-order valence-corrected chi connectivity index (χ3v) is 7.55. The summed E-state index contributed by atoms with van der Waals surface area (Å²) >= 11 is -1.09. The lowest BCUT2D eigenvalue weighted by molar-refractivity contribution is 0.0698. The number of aromatic nitrogens is 1. The molecule has 0 radical (unpaired) electrons. The molecule has 1 amide bonds. The molecule has 0 spiro atoms. The predicted octanol–water partition coefficient (Wildman–Crippen LogP) is 2.69. The van der Waals surface area contributed by atoms with Gasteiger partial charge in [-0.1, -0.05) is 0 Å². The van der Waals surface area contributed by atoms with Crippen molar-refractivity contribution in [2.75, 3.05) is 50.4 Å². The second-order valence-corrected chi connectivity index (χ2v) is 9.97. The molecule has 2 aliphatic rings. The van der Waals surface area contributed by atoms with Gasteiger partial charge in [-0.25, -0.2) is 8.78 Å². The molecule has 32 heavy (non-hydrogen) atoms. The lowest BCUT2D eigenvalue weighted by Gasteiger charge is -2.38. The fraction of sp³-hybridized carbons (Fsp3) is 0.500. The number of carbonyl (C=O) groups is 1. The Balaban J connectivity index is 1.72. The first-order valence-corrected chi connectivity index (χ1v) is 12.1. The van der Waals surface area contributed by atoms with Gasteiger partial charge in [-0.3, -0.25) is 9.78 Å². The molecular weight excluding hydrogens is 436 g/mol. The van der Waals surface area contributed by atoms with E-state index in [1.807, 2.05) is 11.8 Å². The maximum absolute atomic E-state index is 14.2. The molecule has 1 aromatic heterocycles. The lowest BCUT2D eigenvalue weighted by Crippen LogP contribution is -2.50. The SMILES string of the molecule is C[S+]([O-])N1CCN(C(=O)c2cnc3cc(F)c(F)cc3c2N2CCC(C)(C#N)CC2)CC1. The van der Waals surface area contributed by atoms with Crippen LogP contribution in [0.2, 0.25) is 0 Å². The van der Waals surface area contributed by atoms with Gasteiger partial charge in [-0.15, -0.1) is 4.31 Å². The van der Waals surface area contributed by atoms with Gasteiger partial charge >= 0.3 is 0 Å². The zero-order chi connectivity index (χ0) is 23.0. The fourth-order valence-electron chi connectivity index (χ4n) is 4.32. The number of halogens is 2. The van der Waals surface area contributed by atoms with Crippen LogP contribution in [0.4, 0.5) is 14.5 Å². The molecule has 1 atom stereocenters. The molecular formula is C22H25F2N5O2S. The molecule has 3 heterocycles. The highest BCUT2D eigenvalue weighted by Gasteiger charge is 2.34. The van der Waals surface area contributed by atoms with Crippen LogP contribution in [0.15, 0.2) is 18.3 Å². The minimum absolute atomic E-state index is 0.241. The van der Waals surface area contributed by atoms with Crippen LogP contribution in [0.1, 0.15) is 30.1 Å². The Labute approximate surface area is 188 Å². The molecule has 1 unspecified atom stereocenters. The smallest absolute Gasteiger partial charge is 0.257 e. The first kappa shape index (κ1) is 22.7. The number of pyridine rings is 1. The van der Waals surface area contributed by atoms with Crippen LogP contribution in [0.25, 0.3) is 10.9 Å². The molecule has 0 aliphatic carbocycles. The summed E-state index contributed by atoms with van der Waals surface area (Å²) in [7, 11) is 0. The van der Waals surface area contributed by atoms with Crippen molar-refractivity contribution in [3.05, 3.63) is 35.5 Å². The van der Waals surface area contributed by atoms with Crippen LogP contribution in [-0.4, -0.2) is 70.2 Å². The number of hydrogen-bond acceptors (Lipinski definition) is 6. The number of hydrogen-bond donors (Lipinski definition) is 0. The van der Waals surface area contributed by atoms with Gasteiger partial charge < -0.3 is 14.4 Å². The van der Waals surface area contributed by atoms with Crippen molar-refractivity contribution in [1.82, 2.24) is 14.2 Å². The summed E-state index contributed by atoms with van der Waals surface area (Å²) < 4.78 is 41.6. The van der Waals surface area contributed by atoms with Crippen LogP contribution in [0.3, 0.4) is 0 Å². The fourth-order valence-corrected chi connectivity index (χ4v) is 5.00. The van der Waals surface area contributed by atoms with Crippen molar-refractivity contribution in [3.63, 3.8) is 0 Å². The van der Waals surface area contributed by atoms with Crippen molar-refractivity contribution in [3.8, 4) is 6.07 Å². The van der Waals surface area contributed by atoms with Crippen molar-refractivity contribution in [1.29, 1.82) is 5.26 Å². The quantitative estimate of drug-likeness (QED) is 0.654. The van der Waals surface area contributed by atoms with E-state index in [0.717, 1.165) is 12.1 Å². The Morgan fingerprint density at radius 1 is 1.16 bits per heavy atom. The Bertz CT molecular complexity index is 1070. The number of rotatable bonds is 3. The molecule has 0 N–H and O–H groups in total. The molecule has 2 aromatic rings. The number of benzene rings is 1. The minimum Gasteiger partial charge on any atom is -0.598 e. The number of nitrogens with zero attached hydrogens (tertiary/aromatic N) is 5. The third-order valence-electron chi connectivity index (χ3n) is 6.45. The molecule has 2 saturated heterocycles. The predicted molar refractivity (Wildman–Crippen MR) is 118 cm³/mol. The van der Waals surface area contributed by atoms with Crippen LogP contribution in [-0.2, 0) is 11.4 Å². The van der Waals surface area contributed by atoms with E-state index >= 15 is 0 Å². The van der Waals surface area contributed by atoms with Crippen LogP contribution < -0.4 is 4.90 Å². The van der Waals surface area contributed by atoms with Gasteiger partial charge in [0.15, 0.2) is 11.6 Å². The standard InChI is InChI=1S/C22H25F2N5O2S/c1-22(14-25)3-5-27(6-4-22)20-15-11-17(23)18(24)12-19(15)26-13-16(20)21(30)28-7-9-29(10-8-28)32(2)31/h11-13H,3-10H2,1-2H3. The Morgan fingerprint density at radius 2 is 1.78 bits per heavy atom. The zero-order valence-corrected chi connectivity index (χ0v) is 18.9. The summed E-state index contributed by atoms with van der Waals surface area (Å²) in [6.07, 6.45) is 4.25. The summed E-state index contributed by atoms with van der Waals surface area (Å²) in [4.78, 5) is 21.4. The monoisotopic (exact) mass is 461 g/mol. The van der Waals surface area contributed by atoms with Gasteiger partial charge in [0.2, 0.25) is 0 Å². The Morgan fingerprint density at radius 3 is 2.38 bits per heavy atom. The molecule has 2 fully saturated rings. The van der Waals surface area contributed by atoms with Gasteiger partial charge in [0.1, 0.15) is 6.26 Å². The molecule has 10 heteroatoms. The number of piperazine rings is 1. The summed E-state index contributed by atoms with van der Waals surface area (Å²) in [6, 6.07) is 4.50. The number of carbonyl (C=O) groups excluding carboxylic acids is 1. The summed E-state index contributed by atoms with van der Waals surface area (Å²) in [5.41, 5.74) is 0.679. The van der Waals surface area contributed by atoms with E-state index in [4.69, 9.17) is 0 Å². The molecule has 0 bridgehead atoms. The third kappa shape index (κ3) is 4.25. The van der Waals surface area contributed by atoms with Gasteiger partial charge in [0.25, 0.3) is 5.91 Å². The van der Waals surface area contributed by atoms with E-state index in [9.17, 15) is 23.4 Å². The topological polar surface area (TPSA) is 86.5 Å². The first-order valence-electron chi connectivity index (χ1n) is 10.5. The van der Waals surface area contributed by atoms with E-state index in [0.29, 0.717) is 68.7 Å². The highest BCUT2D eigenvalue weighted by atomic mass is 32.2. The molecule has 4 rings (SSSR count). The Hall–Kier alpha value is -2.48. The molecule has 170 valence electrons. The molecule has 2 aliphatic heterocycles. The number of fused-ring (bicyclic) bond motifs is 1. The van der Waals surface area contributed by atoms with E-state index in [1.165, 1.54) is 6.20 Å². The van der Waals surface area contributed by atoms with Crippen molar-refractivity contribution in [2.45, 2.75) is 19.8 Å². The summed E-state index contributed by atoms with van der Waals surface area (Å²) in [5, 5.41) is 9.84. The number of amides is 1. The average Bonchev–Trinajstić information content (AvgIpc) is 2.79. The highest BCUT2D eigenvalue weighted by molar-refractivity contribution is 7.88. The van der Waals surface area contributed by atoms with E-state index in [-0.39, 0.29) is 11.4 Å². The average molecular weight is 462 g/mol. The molecule has 7 nitrogen and oxygen atoms in total. The zero-order valence-electron chi connectivity index (χ0n) is 18.1. The van der Waals surface area contributed by atoms with Gasteiger partial charge in [-0.2, -0.15) is 5.26 Å². The van der Waals surface area contributed by atoms with E-state index in [1.54, 1.807) is 15.5 Å². The van der Waals surface area contributed by atoms with Gasteiger partial charge in [-0.05, 0) is 25.8 Å². The molecule has 1 aromatic carbocycles. The summed E-state index contributed by atoms with van der Waals surface area (Å²) in [5.74, 6) is -2.23. The largest absolute Gasteiger partial charge is 0.598 e. The maximum Gasteiger partial charge on any atom is 0.257 e. The maximum atomic E-state index is 14.2.